The monoisotopic (exact) mass is 750 g/mol. The van der Waals surface area contributed by atoms with Crippen LogP contribution in [0.5, 0.6) is 0 Å². The fourth-order valence-corrected chi connectivity index (χ4v) is 9.94. The van der Waals surface area contributed by atoms with Gasteiger partial charge in [0, 0.05) is 55.6 Å². The van der Waals surface area contributed by atoms with Gasteiger partial charge in [-0.05, 0) is 112 Å². The molecular formula is C55H34N4. The minimum atomic E-state index is 1.02. The molecule has 0 unspecified atom stereocenters. The lowest BCUT2D eigenvalue weighted by Gasteiger charge is -2.13. The highest BCUT2D eigenvalue weighted by molar-refractivity contribution is 6.31. The Bertz CT molecular complexity index is 3830. The normalized spacial score (nSPS) is 12.1. The lowest BCUT2D eigenvalue weighted by Crippen LogP contribution is -1.98. The van der Waals surface area contributed by atoms with Gasteiger partial charge in [0.05, 0.1) is 38.6 Å². The lowest BCUT2D eigenvalue weighted by molar-refractivity contribution is 1.15. The summed E-state index contributed by atoms with van der Waals surface area (Å²) in [7, 11) is 0. The van der Waals surface area contributed by atoms with Crippen molar-refractivity contribution in [2.45, 2.75) is 0 Å². The first-order valence-electron chi connectivity index (χ1n) is 20.2. The lowest BCUT2D eigenvalue weighted by atomic mass is 9.98. The number of aromatic nitrogens is 4. The van der Waals surface area contributed by atoms with E-state index in [2.05, 4.69) is 208 Å². The van der Waals surface area contributed by atoms with Crippen LogP contribution in [0.4, 0.5) is 0 Å². The van der Waals surface area contributed by atoms with Crippen molar-refractivity contribution in [2.24, 2.45) is 0 Å². The van der Waals surface area contributed by atoms with E-state index in [1.807, 2.05) is 12.3 Å². The topological polar surface area (TPSA) is 27.7 Å². The second-order valence-corrected chi connectivity index (χ2v) is 15.5. The Morgan fingerprint density at radius 3 is 1.34 bits per heavy atom. The summed E-state index contributed by atoms with van der Waals surface area (Å²) >= 11 is 0. The van der Waals surface area contributed by atoms with Gasteiger partial charge in [-0.3, -0.25) is 4.98 Å². The molecule has 0 N–H and O–H groups in total. The Kier molecular flexibility index (Phi) is 6.69. The van der Waals surface area contributed by atoms with Gasteiger partial charge in [-0.1, -0.05) is 115 Å². The van der Waals surface area contributed by atoms with Gasteiger partial charge in [0.15, 0.2) is 0 Å². The van der Waals surface area contributed by atoms with Crippen LogP contribution in [0, 0.1) is 0 Å². The minimum absolute atomic E-state index is 1.02. The third kappa shape index (κ3) is 4.57. The van der Waals surface area contributed by atoms with E-state index in [0.717, 1.165) is 22.4 Å². The van der Waals surface area contributed by atoms with Crippen LogP contribution in [-0.2, 0) is 0 Å². The molecular weight excluding hydrogens is 717 g/mol. The zero-order chi connectivity index (χ0) is 38.6. The highest BCUT2D eigenvalue weighted by Crippen LogP contribution is 2.43. The molecule has 4 aromatic heterocycles. The molecule has 4 heteroatoms. The summed E-state index contributed by atoms with van der Waals surface area (Å²) in [5, 5.41) is 11.1. The summed E-state index contributed by atoms with van der Waals surface area (Å²) in [5.41, 5.74) is 13.9. The molecule has 0 radical (unpaired) electrons. The van der Waals surface area contributed by atoms with Crippen molar-refractivity contribution in [1.29, 1.82) is 0 Å². The third-order valence-corrected chi connectivity index (χ3v) is 12.5. The maximum atomic E-state index is 4.98. The highest BCUT2D eigenvalue weighted by atomic mass is 15.0. The minimum Gasteiger partial charge on any atom is -0.309 e. The van der Waals surface area contributed by atoms with E-state index < -0.39 is 0 Å². The smallest absolute Gasteiger partial charge is 0.0969 e. The third-order valence-electron chi connectivity index (χ3n) is 12.5. The van der Waals surface area contributed by atoms with Crippen LogP contribution in [0.15, 0.2) is 206 Å². The van der Waals surface area contributed by atoms with Gasteiger partial charge in [0.2, 0.25) is 0 Å². The SMILES string of the molecule is c1ccc(-n2c3ccccc3c3cc(-c4ccc5c(c4)c4ccccc4n5-c4ccc(-n5c6cccnc6c6c7ccccc7c7ccccc7c65)cc4)ccc32)cc1. The maximum absolute atomic E-state index is 4.98. The number of nitrogens with zero attached hydrogens (tertiary/aromatic N) is 4. The van der Waals surface area contributed by atoms with Crippen molar-refractivity contribution >= 4 is 87.1 Å². The quantitative estimate of drug-likeness (QED) is 0.165. The van der Waals surface area contributed by atoms with Gasteiger partial charge >= 0.3 is 0 Å². The summed E-state index contributed by atoms with van der Waals surface area (Å²) in [6, 6.07) is 72.9. The van der Waals surface area contributed by atoms with Gasteiger partial charge in [-0.15, -0.1) is 0 Å². The summed E-state index contributed by atoms with van der Waals surface area (Å²) in [6.07, 6.45) is 1.91. The fourth-order valence-electron chi connectivity index (χ4n) is 9.94. The van der Waals surface area contributed by atoms with Crippen LogP contribution in [0.25, 0.3) is 115 Å². The molecule has 0 amide bonds. The molecule has 0 fully saturated rings. The van der Waals surface area contributed by atoms with Crippen molar-refractivity contribution in [3.63, 3.8) is 0 Å². The molecule has 13 rings (SSSR count). The second kappa shape index (κ2) is 12.3. The molecule has 0 spiro atoms. The van der Waals surface area contributed by atoms with Gasteiger partial charge in [0.25, 0.3) is 0 Å². The summed E-state index contributed by atoms with van der Waals surface area (Å²) in [4.78, 5) is 4.98. The van der Waals surface area contributed by atoms with Crippen molar-refractivity contribution in [2.75, 3.05) is 0 Å². The van der Waals surface area contributed by atoms with Crippen molar-refractivity contribution in [1.82, 2.24) is 18.7 Å². The predicted molar refractivity (Wildman–Crippen MR) is 248 cm³/mol. The molecule has 0 atom stereocenters. The number of para-hydroxylation sites is 3. The van der Waals surface area contributed by atoms with Crippen LogP contribution in [0.1, 0.15) is 0 Å². The van der Waals surface area contributed by atoms with Crippen molar-refractivity contribution in [3.8, 4) is 28.2 Å². The summed E-state index contributed by atoms with van der Waals surface area (Å²) in [6.45, 7) is 0. The Labute approximate surface area is 339 Å². The van der Waals surface area contributed by atoms with E-state index in [1.54, 1.807) is 0 Å². The maximum Gasteiger partial charge on any atom is 0.0969 e. The van der Waals surface area contributed by atoms with Crippen molar-refractivity contribution < 1.29 is 0 Å². The highest BCUT2D eigenvalue weighted by Gasteiger charge is 2.21. The van der Waals surface area contributed by atoms with Gasteiger partial charge in [-0.25, -0.2) is 0 Å². The zero-order valence-electron chi connectivity index (χ0n) is 31.9. The van der Waals surface area contributed by atoms with E-state index in [0.29, 0.717) is 0 Å². The first-order chi connectivity index (χ1) is 29.3. The number of hydrogen-bond acceptors (Lipinski definition) is 1. The molecule has 4 heterocycles. The van der Waals surface area contributed by atoms with Gasteiger partial charge in [-0.2, -0.15) is 0 Å². The van der Waals surface area contributed by atoms with E-state index >= 15 is 0 Å². The molecule has 13 aromatic rings. The largest absolute Gasteiger partial charge is 0.309 e. The van der Waals surface area contributed by atoms with Crippen LogP contribution in [0.2, 0.25) is 0 Å². The van der Waals surface area contributed by atoms with Gasteiger partial charge < -0.3 is 13.7 Å². The molecule has 0 aliphatic rings. The first-order valence-corrected chi connectivity index (χ1v) is 20.2. The first kappa shape index (κ1) is 32.2. The van der Waals surface area contributed by atoms with Crippen LogP contribution < -0.4 is 0 Å². The van der Waals surface area contributed by atoms with Gasteiger partial charge in [0.1, 0.15) is 0 Å². The number of rotatable bonds is 4. The number of pyridine rings is 1. The molecule has 0 bridgehead atoms. The molecule has 0 aliphatic heterocycles. The molecule has 0 saturated carbocycles. The molecule has 59 heavy (non-hydrogen) atoms. The molecule has 9 aromatic carbocycles. The predicted octanol–water partition coefficient (Wildman–Crippen LogP) is 14.3. The van der Waals surface area contributed by atoms with Crippen molar-refractivity contribution in [3.05, 3.63) is 206 Å². The average Bonchev–Trinajstić information content (AvgIpc) is 3.95. The van der Waals surface area contributed by atoms with Crippen LogP contribution >= 0.6 is 0 Å². The second-order valence-electron chi connectivity index (χ2n) is 15.5. The number of hydrogen-bond donors (Lipinski definition) is 0. The molecule has 0 saturated heterocycles. The Morgan fingerprint density at radius 2 is 0.729 bits per heavy atom. The van der Waals surface area contributed by atoms with Crippen LogP contribution in [-0.4, -0.2) is 18.7 Å². The zero-order valence-corrected chi connectivity index (χ0v) is 31.9. The number of fused-ring (bicyclic) bond motifs is 14. The molecule has 274 valence electrons. The number of benzene rings is 9. The molecule has 4 nitrogen and oxygen atoms in total. The average molecular weight is 751 g/mol. The fraction of sp³-hybridized carbons (Fsp3) is 0. The summed E-state index contributed by atoms with van der Waals surface area (Å²) < 4.78 is 7.19. The Balaban J connectivity index is 0.970. The summed E-state index contributed by atoms with van der Waals surface area (Å²) in [5.74, 6) is 0. The standard InChI is InChI=1S/C55H34N4/c1-2-13-37(14-3-1)57-48-21-10-8-17-42(48)46-33-35(24-30-50(46)57)36-25-31-51-47(34-36)43-18-9-11-22-49(43)58(51)38-26-28-39(29-27-38)59-52-23-12-32-56-54(52)53-44-19-6-4-15-40(44)41-16-5-7-20-45(41)55(53)59/h1-34H. The Hall–Kier alpha value is -7.95. The molecule has 0 aliphatic carbocycles. The van der Waals surface area contributed by atoms with E-state index in [-0.39, 0.29) is 0 Å². The van der Waals surface area contributed by atoms with E-state index in [1.165, 1.54) is 92.9 Å². The van der Waals surface area contributed by atoms with E-state index in [9.17, 15) is 0 Å². The van der Waals surface area contributed by atoms with E-state index in [4.69, 9.17) is 4.98 Å². The Morgan fingerprint density at radius 1 is 0.288 bits per heavy atom. The van der Waals surface area contributed by atoms with Crippen LogP contribution in [0.3, 0.4) is 0 Å².